The molecular formula is C19H20N2O3. The third-order valence-corrected chi connectivity index (χ3v) is 4.76. The summed E-state index contributed by atoms with van der Waals surface area (Å²) >= 11 is 0. The Morgan fingerprint density at radius 2 is 2.00 bits per heavy atom. The third kappa shape index (κ3) is 2.19. The fourth-order valence-electron chi connectivity index (χ4n) is 3.62. The summed E-state index contributed by atoms with van der Waals surface area (Å²) in [6, 6.07) is 13.4. The average Bonchev–Trinajstić information content (AvgIpc) is 2.55. The van der Waals surface area contributed by atoms with Gasteiger partial charge in [-0.1, -0.05) is 17.7 Å². The van der Waals surface area contributed by atoms with E-state index in [1.54, 1.807) is 12.0 Å². The van der Waals surface area contributed by atoms with Gasteiger partial charge < -0.3 is 14.8 Å². The van der Waals surface area contributed by atoms with Crippen molar-refractivity contribution in [2.45, 2.75) is 32.0 Å². The lowest BCUT2D eigenvalue weighted by Crippen LogP contribution is -2.65. The minimum atomic E-state index is -0.718. The first-order valence-electron chi connectivity index (χ1n) is 8.04. The predicted octanol–water partition coefficient (Wildman–Crippen LogP) is 3.77. The lowest BCUT2D eigenvalue weighted by atomic mass is 9.89. The maximum atomic E-state index is 12.8. The van der Waals surface area contributed by atoms with Crippen LogP contribution in [-0.4, -0.2) is 18.9 Å². The van der Waals surface area contributed by atoms with Gasteiger partial charge in [0.25, 0.3) is 0 Å². The topological polar surface area (TPSA) is 50.8 Å². The Kier molecular flexibility index (Phi) is 3.20. The van der Waals surface area contributed by atoms with Crippen LogP contribution in [0.5, 0.6) is 11.5 Å². The van der Waals surface area contributed by atoms with Crippen molar-refractivity contribution in [1.82, 2.24) is 5.32 Å². The highest BCUT2D eigenvalue weighted by atomic mass is 16.5. The first-order valence-corrected chi connectivity index (χ1v) is 8.04. The van der Waals surface area contributed by atoms with E-state index in [9.17, 15) is 4.79 Å². The molecule has 2 bridgehead atoms. The molecule has 2 amide bonds. The molecule has 0 saturated carbocycles. The van der Waals surface area contributed by atoms with Crippen LogP contribution in [-0.2, 0) is 0 Å². The van der Waals surface area contributed by atoms with Crippen molar-refractivity contribution in [2.75, 3.05) is 12.0 Å². The molecule has 0 aliphatic carbocycles. The zero-order valence-electron chi connectivity index (χ0n) is 14.0. The number of aryl methyl sites for hydroxylation is 1. The van der Waals surface area contributed by atoms with E-state index in [1.807, 2.05) is 50.2 Å². The van der Waals surface area contributed by atoms with Crippen LogP contribution in [0, 0.1) is 6.92 Å². The largest absolute Gasteiger partial charge is 0.497 e. The summed E-state index contributed by atoms with van der Waals surface area (Å²) in [7, 11) is 1.62. The number of ether oxygens (including phenoxy) is 2. The Morgan fingerprint density at radius 1 is 1.25 bits per heavy atom. The zero-order chi connectivity index (χ0) is 16.9. The van der Waals surface area contributed by atoms with E-state index < -0.39 is 5.72 Å². The molecule has 124 valence electrons. The molecule has 0 radical (unpaired) electrons. The van der Waals surface area contributed by atoms with E-state index in [-0.39, 0.29) is 12.1 Å². The molecular weight excluding hydrogens is 304 g/mol. The molecule has 4 rings (SSSR count). The van der Waals surface area contributed by atoms with Gasteiger partial charge in [0, 0.05) is 17.7 Å². The van der Waals surface area contributed by atoms with Crippen LogP contribution in [0.15, 0.2) is 42.5 Å². The molecule has 0 aromatic heterocycles. The van der Waals surface area contributed by atoms with Crippen molar-refractivity contribution in [1.29, 1.82) is 0 Å². The van der Waals surface area contributed by atoms with Gasteiger partial charge in [-0.25, -0.2) is 4.79 Å². The predicted molar refractivity (Wildman–Crippen MR) is 91.6 cm³/mol. The fourth-order valence-corrected chi connectivity index (χ4v) is 3.62. The van der Waals surface area contributed by atoms with Gasteiger partial charge >= 0.3 is 6.03 Å². The minimum Gasteiger partial charge on any atom is -0.497 e. The number of carbonyl (C=O) groups is 1. The maximum Gasteiger partial charge on any atom is 0.325 e. The van der Waals surface area contributed by atoms with Crippen molar-refractivity contribution < 1.29 is 14.3 Å². The van der Waals surface area contributed by atoms with E-state index in [0.29, 0.717) is 6.42 Å². The molecule has 1 saturated heterocycles. The summed E-state index contributed by atoms with van der Waals surface area (Å²) in [6.45, 7) is 4.01. The summed E-state index contributed by atoms with van der Waals surface area (Å²) in [5, 5.41) is 3.11. The van der Waals surface area contributed by atoms with Crippen molar-refractivity contribution >= 4 is 11.7 Å². The van der Waals surface area contributed by atoms with E-state index >= 15 is 0 Å². The van der Waals surface area contributed by atoms with E-state index in [1.165, 1.54) is 0 Å². The molecule has 2 aromatic rings. The van der Waals surface area contributed by atoms with Gasteiger partial charge in [-0.3, -0.25) is 4.90 Å². The first kappa shape index (κ1) is 14.9. The first-order chi connectivity index (χ1) is 11.5. The molecule has 1 N–H and O–H groups in total. The highest BCUT2D eigenvalue weighted by Gasteiger charge is 2.49. The number of carbonyl (C=O) groups excluding carboxylic acids is 1. The van der Waals surface area contributed by atoms with Crippen LogP contribution in [0.1, 0.15) is 30.5 Å². The van der Waals surface area contributed by atoms with Crippen LogP contribution in [0.3, 0.4) is 0 Å². The quantitative estimate of drug-likeness (QED) is 0.915. The van der Waals surface area contributed by atoms with Gasteiger partial charge in [-0.15, -0.1) is 0 Å². The van der Waals surface area contributed by atoms with Crippen LogP contribution in [0.4, 0.5) is 10.5 Å². The van der Waals surface area contributed by atoms with E-state index in [2.05, 4.69) is 11.4 Å². The SMILES string of the molecule is COc1ccc(N2C(=O)NC3C[C@]2(C)Oc2ccc(C)cc23)cc1. The van der Waals surface area contributed by atoms with Gasteiger partial charge in [-0.2, -0.15) is 0 Å². The number of benzene rings is 2. The minimum absolute atomic E-state index is 0.0272. The maximum absolute atomic E-state index is 12.8. The van der Waals surface area contributed by atoms with Crippen molar-refractivity contribution in [2.24, 2.45) is 0 Å². The second kappa shape index (κ2) is 5.16. The Hall–Kier alpha value is -2.69. The molecule has 5 heteroatoms. The summed E-state index contributed by atoms with van der Waals surface area (Å²) < 4.78 is 11.5. The molecule has 24 heavy (non-hydrogen) atoms. The van der Waals surface area contributed by atoms with Crippen LogP contribution in [0.25, 0.3) is 0 Å². The van der Waals surface area contributed by atoms with Gasteiger partial charge in [0.05, 0.1) is 13.2 Å². The highest BCUT2D eigenvalue weighted by molar-refractivity contribution is 5.95. The molecule has 5 nitrogen and oxygen atoms in total. The smallest absolute Gasteiger partial charge is 0.325 e. The number of rotatable bonds is 2. The number of methoxy groups -OCH3 is 1. The van der Waals surface area contributed by atoms with Crippen LogP contribution in [0.2, 0.25) is 0 Å². The number of hydrogen-bond acceptors (Lipinski definition) is 3. The van der Waals surface area contributed by atoms with Crippen molar-refractivity contribution in [3.63, 3.8) is 0 Å². The van der Waals surface area contributed by atoms with E-state index in [4.69, 9.17) is 9.47 Å². The molecule has 0 spiro atoms. The van der Waals surface area contributed by atoms with Crippen LogP contribution < -0.4 is 19.7 Å². The molecule has 2 heterocycles. The normalized spacial score (nSPS) is 24.7. The van der Waals surface area contributed by atoms with Gasteiger partial charge in [0.1, 0.15) is 11.5 Å². The fraction of sp³-hybridized carbons (Fsp3) is 0.316. The standard InChI is InChI=1S/C19H20N2O3/c1-12-4-9-17-15(10-12)16-11-19(2,24-17)21(18(22)20-16)13-5-7-14(23-3)8-6-13/h4-10,16H,11H2,1-3H3,(H,20,22)/t16?,19-/m0/s1. The number of fused-ring (bicyclic) bond motifs is 4. The molecule has 2 atom stereocenters. The number of anilines is 1. The monoisotopic (exact) mass is 324 g/mol. The summed E-state index contributed by atoms with van der Waals surface area (Å²) in [5.41, 5.74) is 2.27. The zero-order valence-corrected chi connectivity index (χ0v) is 14.0. The highest BCUT2D eigenvalue weighted by Crippen LogP contribution is 2.45. The Morgan fingerprint density at radius 3 is 2.71 bits per heavy atom. The summed E-state index contributed by atoms with van der Waals surface area (Å²) in [5.74, 6) is 1.59. The number of nitrogens with zero attached hydrogens (tertiary/aromatic N) is 1. The molecule has 2 aliphatic rings. The second-order valence-corrected chi connectivity index (χ2v) is 6.56. The number of hydrogen-bond donors (Lipinski definition) is 1. The second-order valence-electron chi connectivity index (χ2n) is 6.56. The van der Waals surface area contributed by atoms with Crippen molar-refractivity contribution in [3.8, 4) is 11.5 Å². The Balaban J connectivity index is 1.76. The molecule has 2 aromatic carbocycles. The lowest BCUT2D eigenvalue weighted by Gasteiger charge is -2.50. The van der Waals surface area contributed by atoms with Gasteiger partial charge in [-0.05, 0) is 44.2 Å². The third-order valence-electron chi connectivity index (χ3n) is 4.76. The molecule has 1 fully saturated rings. The number of nitrogens with one attached hydrogen (secondary N) is 1. The van der Waals surface area contributed by atoms with Crippen molar-refractivity contribution in [3.05, 3.63) is 53.6 Å². The Bertz CT molecular complexity index is 803. The summed E-state index contributed by atoms with van der Waals surface area (Å²) in [6.07, 6.45) is 0.696. The molecule has 2 aliphatic heterocycles. The lowest BCUT2D eigenvalue weighted by molar-refractivity contribution is 0.0378. The summed E-state index contributed by atoms with van der Waals surface area (Å²) in [4.78, 5) is 14.5. The number of urea groups is 1. The molecule has 1 unspecified atom stereocenters. The average molecular weight is 324 g/mol. The van der Waals surface area contributed by atoms with Gasteiger partial charge in [0.2, 0.25) is 0 Å². The van der Waals surface area contributed by atoms with E-state index in [0.717, 1.165) is 28.3 Å². The van der Waals surface area contributed by atoms with Gasteiger partial charge in [0.15, 0.2) is 5.72 Å². The Labute approximate surface area is 141 Å². The number of amides is 2. The van der Waals surface area contributed by atoms with Crippen LogP contribution >= 0.6 is 0 Å².